The van der Waals surface area contributed by atoms with Crippen LogP contribution in [0.4, 0.5) is 19.0 Å². The molecule has 3 aromatic heterocycles. The van der Waals surface area contributed by atoms with E-state index in [1.165, 1.54) is 35.3 Å². The van der Waals surface area contributed by atoms with Gasteiger partial charge in [0.15, 0.2) is 5.65 Å². The number of alkyl halides is 3. The van der Waals surface area contributed by atoms with E-state index in [4.69, 9.17) is 0 Å². The molecule has 0 aliphatic carbocycles. The Hall–Kier alpha value is -3.75. The van der Waals surface area contributed by atoms with E-state index in [0.717, 1.165) is 12.1 Å². The van der Waals surface area contributed by atoms with Gasteiger partial charge in [0.05, 0.1) is 5.56 Å². The lowest BCUT2D eigenvalue weighted by Gasteiger charge is -2.10. The maximum Gasteiger partial charge on any atom is 0.416 e. The second-order valence-electron chi connectivity index (χ2n) is 5.87. The van der Waals surface area contributed by atoms with E-state index in [-0.39, 0.29) is 17.0 Å². The summed E-state index contributed by atoms with van der Waals surface area (Å²) in [5.41, 5.74) is 0.273. The van der Waals surface area contributed by atoms with Crippen molar-refractivity contribution in [1.82, 2.24) is 19.5 Å². The van der Waals surface area contributed by atoms with Crippen LogP contribution in [0.5, 0.6) is 0 Å². The highest BCUT2D eigenvalue weighted by molar-refractivity contribution is 6.03. The molecule has 1 aromatic carbocycles. The Bertz CT molecular complexity index is 1160. The molecule has 0 bridgehead atoms. The van der Waals surface area contributed by atoms with Crippen molar-refractivity contribution in [2.75, 3.05) is 5.32 Å². The third kappa shape index (κ3) is 3.41. The molecule has 0 spiro atoms. The van der Waals surface area contributed by atoms with E-state index in [2.05, 4.69) is 20.3 Å². The van der Waals surface area contributed by atoms with Gasteiger partial charge in [-0.25, -0.2) is 15.0 Å². The lowest BCUT2D eigenvalue weighted by molar-refractivity contribution is -0.137. The fourth-order valence-electron chi connectivity index (χ4n) is 2.66. The number of nitrogens with zero attached hydrogens (tertiary/aromatic N) is 4. The topological polar surface area (TPSA) is 72.7 Å². The molecule has 6 nitrogen and oxygen atoms in total. The van der Waals surface area contributed by atoms with Crippen molar-refractivity contribution in [3.05, 3.63) is 78.4 Å². The smallest absolute Gasteiger partial charge is 0.305 e. The van der Waals surface area contributed by atoms with Crippen LogP contribution in [0.1, 0.15) is 16.1 Å². The molecule has 1 N–H and O–H groups in total. The summed E-state index contributed by atoms with van der Waals surface area (Å²) >= 11 is 0. The molecule has 0 aliphatic heterocycles. The number of rotatable bonds is 3. The molecule has 0 fully saturated rings. The number of fused-ring (bicyclic) bond motifs is 1. The van der Waals surface area contributed by atoms with Gasteiger partial charge in [-0.2, -0.15) is 13.2 Å². The molecule has 0 aliphatic rings. The summed E-state index contributed by atoms with van der Waals surface area (Å²) in [5.74, 6) is -0.127. The minimum Gasteiger partial charge on any atom is -0.305 e. The largest absolute Gasteiger partial charge is 0.416 e. The first-order valence-electron chi connectivity index (χ1n) is 8.16. The van der Waals surface area contributed by atoms with Gasteiger partial charge in [-0.1, -0.05) is 12.1 Å². The standard InChI is InChI=1S/C19H12F3N5O/c20-19(21,22)12-4-3-5-13(10-12)27-11-24-14-7-8-15(25-17(14)27)18(28)26-16-6-1-2-9-23-16/h1-11H,(H,23,26,28). The molecule has 0 saturated carbocycles. The second kappa shape index (κ2) is 6.76. The summed E-state index contributed by atoms with van der Waals surface area (Å²) in [7, 11) is 0. The van der Waals surface area contributed by atoms with Crippen LogP contribution >= 0.6 is 0 Å². The first kappa shape index (κ1) is 17.7. The molecular weight excluding hydrogens is 371 g/mol. The van der Waals surface area contributed by atoms with Crippen molar-refractivity contribution in [3.63, 3.8) is 0 Å². The molecule has 28 heavy (non-hydrogen) atoms. The number of nitrogens with one attached hydrogen (secondary N) is 1. The predicted molar refractivity (Wildman–Crippen MR) is 96.1 cm³/mol. The lowest BCUT2D eigenvalue weighted by Crippen LogP contribution is -2.14. The minimum absolute atomic E-state index is 0.0897. The number of aromatic nitrogens is 4. The average molecular weight is 383 g/mol. The van der Waals surface area contributed by atoms with Crippen LogP contribution in [0, 0.1) is 0 Å². The first-order chi connectivity index (χ1) is 13.4. The highest BCUT2D eigenvalue weighted by Crippen LogP contribution is 2.30. The van der Waals surface area contributed by atoms with Gasteiger partial charge >= 0.3 is 6.18 Å². The van der Waals surface area contributed by atoms with E-state index in [0.29, 0.717) is 11.3 Å². The Morgan fingerprint density at radius 1 is 1.00 bits per heavy atom. The Morgan fingerprint density at radius 2 is 1.86 bits per heavy atom. The van der Waals surface area contributed by atoms with Crippen molar-refractivity contribution in [1.29, 1.82) is 0 Å². The molecule has 0 radical (unpaired) electrons. The van der Waals surface area contributed by atoms with Crippen molar-refractivity contribution >= 4 is 22.9 Å². The molecule has 4 rings (SSSR count). The molecule has 0 unspecified atom stereocenters. The predicted octanol–water partition coefficient (Wildman–Crippen LogP) is 4.09. The van der Waals surface area contributed by atoms with Gasteiger partial charge in [0.25, 0.3) is 5.91 Å². The number of amides is 1. The Labute approximate surface area is 156 Å². The molecule has 0 saturated heterocycles. The van der Waals surface area contributed by atoms with Crippen LogP contribution in [-0.2, 0) is 6.18 Å². The number of benzene rings is 1. The molecule has 140 valence electrons. The highest BCUT2D eigenvalue weighted by atomic mass is 19.4. The van der Waals surface area contributed by atoms with Crippen molar-refractivity contribution in [2.24, 2.45) is 0 Å². The third-order valence-corrected chi connectivity index (χ3v) is 3.99. The van der Waals surface area contributed by atoms with E-state index in [1.54, 1.807) is 24.3 Å². The summed E-state index contributed by atoms with van der Waals surface area (Å²) in [6.07, 6.45) is -1.56. The number of imidazole rings is 1. The maximum atomic E-state index is 13.0. The lowest BCUT2D eigenvalue weighted by atomic mass is 10.2. The van der Waals surface area contributed by atoms with Crippen LogP contribution in [0.15, 0.2) is 67.1 Å². The normalized spacial score (nSPS) is 11.5. The molecule has 9 heteroatoms. The van der Waals surface area contributed by atoms with Gasteiger partial charge in [-0.3, -0.25) is 9.36 Å². The number of carbonyl (C=O) groups excluding carboxylic acids is 1. The van der Waals surface area contributed by atoms with E-state index < -0.39 is 17.6 Å². The fraction of sp³-hybridized carbons (Fsp3) is 0.0526. The first-order valence-corrected chi connectivity index (χ1v) is 8.16. The summed E-state index contributed by atoms with van der Waals surface area (Å²) < 4.78 is 40.4. The fourth-order valence-corrected chi connectivity index (χ4v) is 2.66. The van der Waals surface area contributed by atoms with Crippen molar-refractivity contribution in [3.8, 4) is 5.69 Å². The van der Waals surface area contributed by atoms with Crippen LogP contribution in [-0.4, -0.2) is 25.4 Å². The van der Waals surface area contributed by atoms with Gasteiger partial charge in [0.2, 0.25) is 0 Å². The number of anilines is 1. The van der Waals surface area contributed by atoms with Crippen molar-refractivity contribution < 1.29 is 18.0 Å². The zero-order chi connectivity index (χ0) is 19.7. The summed E-state index contributed by atoms with van der Waals surface area (Å²) in [6.45, 7) is 0. The monoisotopic (exact) mass is 383 g/mol. The summed E-state index contributed by atoms with van der Waals surface area (Å²) in [4.78, 5) is 24.9. The Balaban J connectivity index is 1.72. The molecule has 0 atom stereocenters. The molecule has 1 amide bonds. The zero-order valence-corrected chi connectivity index (χ0v) is 14.2. The van der Waals surface area contributed by atoms with Crippen LogP contribution in [0.3, 0.4) is 0 Å². The zero-order valence-electron chi connectivity index (χ0n) is 14.2. The van der Waals surface area contributed by atoms with Crippen LogP contribution in [0.25, 0.3) is 16.9 Å². The van der Waals surface area contributed by atoms with Gasteiger partial charge < -0.3 is 5.32 Å². The average Bonchev–Trinajstić information content (AvgIpc) is 3.11. The quantitative estimate of drug-likeness (QED) is 0.578. The number of carbonyl (C=O) groups is 1. The molecule has 3 heterocycles. The Morgan fingerprint density at radius 3 is 2.61 bits per heavy atom. The van der Waals surface area contributed by atoms with E-state index in [9.17, 15) is 18.0 Å². The van der Waals surface area contributed by atoms with Gasteiger partial charge in [-0.15, -0.1) is 0 Å². The number of hydrogen-bond donors (Lipinski definition) is 1. The van der Waals surface area contributed by atoms with Crippen LogP contribution in [0.2, 0.25) is 0 Å². The maximum absolute atomic E-state index is 13.0. The number of hydrogen-bond acceptors (Lipinski definition) is 4. The third-order valence-electron chi connectivity index (χ3n) is 3.99. The van der Waals surface area contributed by atoms with Gasteiger partial charge in [0.1, 0.15) is 23.4 Å². The van der Waals surface area contributed by atoms with Crippen molar-refractivity contribution in [2.45, 2.75) is 6.18 Å². The summed E-state index contributed by atoms with van der Waals surface area (Å²) in [5, 5.41) is 2.61. The van der Waals surface area contributed by atoms with Gasteiger partial charge in [-0.05, 0) is 42.5 Å². The van der Waals surface area contributed by atoms with E-state index in [1.807, 2.05) is 0 Å². The highest BCUT2D eigenvalue weighted by Gasteiger charge is 2.30. The van der Waals surface area contributed by atoms with Gasteiger partial charge in [0, 0.05) is 11.9 Å². The summed E-state index contributed by atoms with van der Waals surface area (Å²) in [6, 6.07) is 13.0. The number of pyridine rings is 2. The molecular formula is C19H12F3N5O. The van der Waals surface area contributed by atoms with E-state index >= 15 is 0 Å². The second-order valence-corrected chi connectivity index (χ2v) is 5.87. The van der Waals surface area contributed by atoms with Crippen LogP contribution < -0.4 is 5.32 Å². The minimum atomic E-state index is -4.46. The number of halogens is 3. The SMILES string of the molecule is O=C(Nc1ccccn1)c1ccc2ncn(-c3cccc(C(F)(F)F)c3)c2n1. The molecule has 4 aromatic rings. The Kier molecular flexibility index (Phi) is 4.26.